The second kappa shape index (κ2) is 10.2. The largest absolute Gasteiger partial charge is 0.379 e. The van der Waals surface area contributed by atoms with Gasteiger partial charge in [0.05, 0.1) is 18.1 Å². The van der Waals surface area contributed by atoms with Crippen LogP contribution >= 0.6 is 0 Å². The van der Waals surface area contributed by atoms with Crippen molar-refractivity contribution >= 4 is 21.6 Å². The number of nitrogens with zero attached hydrogens (tertiary/aromatic N) is 1. The van der Waals surface area contributed by atoms with E-state index in [9.17, 15) is 13.2 Å². The Morgan fingerprint density at radius 1 is 1.03 bits per heavy atom. The van der Waals surface area contributed by atoms with Crippen LogP contribution < -0.4 is 10.0 Å². The van der Waals surface area contributed by atoms with Gasteiger partial charge in [0.2, 0.25) is 0 Å². The summed E-state index contributed by atoms with van der Waals surface area (Å²) in [5, 5.41) is 3.14. The number of morpholine rings is 1. The van der Waals surface area contributed by atoms with Crippen LogP contribution in [0.25, 0.3) is 0 Å². The molecule has 2 aromatic carbocycles. The first kappa shape index (κ1) is 23.7. The normalized spacial score (nSPS) is 19.1. The third kappa shape index (κ3) is 5.75. The summed E-state index contributed by atoms with van der Waals surface area (Å²) in [5.41, 5.74) is 1.76. The Morgan fingerprint density at radius 2 is 1.73 bits per heavy atom. The summed E-state index contributed by atoms with van der Waals surface area (Å²) < 4.78 is 33.6. The highest BCUT2D eigenvalue weighted by Gasteiger charge is 2.38. The topological polar surface area (TPSA) is 87.7 Å². The highest BCUT2D eigenvalue weighted by atomic mass is 32.2. The van der Waals surface area contributed by atoms with E-state index in [4.69, 9.17) is 4.74 Å². The van der Waals surface area contributed by atoms with Crippen LogP contribution in [-0.2, 0) is 14.8 Å². The van der Waals surface area contributed by atoms with Crippen molar-refractivity contribution in [1.29, 1.82) is 0 Å². The first-order chi connectivity index (χ1) is 15.9. The van der Waals surface area contributed by atoms with Gasteiger partial charge in [-0.2, -0.15) is 0 Å². The Morgan fingerprint density at radius 3 is 2.42 bits per heavy atom. The maximum absolute atomic E-state index is 13.0. The monoisotopic (exact) mass is 471 g/mol. The van der Waals surface area contributed by atoms with Crippen LogP contribution in [0.3, 0.4) is 0 Å². The van der Waals surface area contributed by atoms with Gasteiger partial charge in [-0.05, 0) is 50.1 Å². The van der Waals surface area contributed by atoms with E-state index in [0.29, 0.717) is 17.8 Å². The molecule has 0 spiro atoms. The number of amides is 1. The second-order valence-electron chi connectivity index (χ2n) is 9.07. The Hall–Kier alpha value is -2.42. The molecule has 1 amide bonds. The van der Waals surface area contributed by atoms with E-state index >= 15 is 0 Å². The molecular formula is C25H33N3O4S. The van der Waals surface area contributed by atoms with Crippen molar-refractivity contribution in [3.8, 4) is 0 Å². The average molecular weight is 472 g/mol. The molecule has 4 rings (SSSR count). The molecule has 178 valence electrons. The molecule has 2 aromatic rings. The second-order valence-corrected chi connectivity index (χ2v) is 10.7. The van der Waals surface area contributed by atoms with Gasteiger partial charge < -0.3 is 10.1 Å². The van der Waals surface area contributed by atoms with Crippen molar-refractivity contribution in [2.24, 2.45) is 0 Å². The number of anilines is 1. The van der Waals surface area contributed by atoms with Crippen LogP contribution in [0.15, 0.2) is 53.4 Å². The number of nitrogens with one attached hydrogen (secondary N) is 2. The van der Waals surface area contributed by atoms with Crippen LogP contribution in [0.4, 0.5) is 5.69 Å². The number of benzene rings is 2. The first-order valence-electron chi connectivity index (χ1n) is 11.7. The number of hydrogen-bond donors (Lipinski definition) is 2. The summed E-state index contributed by atoms with van der Waals surface area (Å²) in [5.74, 6) is -0.190. The van der Waals surface area contributed by atoms with Crippen molar-refractivity contribution in [2.45, 2.75) is 49.5 Å². The molecule has 0 unspecified atom stereocenters. The molecule has 2 fully saturated rings. The van der Waals surface area contributed by atoms with Crippen LogP contribution in [0.2, 0.25) is 0 Å². The zero-order valence-corrected chi connectivity index (χ0v) is 20.0. The molecule has 0 aromatic heterocycles. The maximum Gasteiger partial charge on any atom is 0.261 e. The minimum Gasteiger partial charge on any atom is -0.379 e. The SMILES string of the molecule is Cc1ccc(S(=O)(=O)Nc2cccc(C(=O)NCC3(N4CCOCC4)CCCCC3)c2)cc1. The van der Waals surface area contributed by atoms with Gasteiger partial charge >= 0.3 is 0 Å². The number of carbonyl (C=O) groups excluding carboxylic acids is 1. The molecule has 1 heterocycles. The quantitative estimate of drug-likeness (QED) is 0.645. The molecule has 8 heteroatoms. The van der Waals surface area contributed by atoms with Crippen LogP contribution in [0, 0.1) is 6.92 Å². The van der Waals surface area contributed by atoms with Crippen LogP contribution in [0.5, 0.6) is 0 Å². The Labute approximate surface area is 196 Å². The molecule has 33 heavy (non-hydrogen) atoms. The molecule has 7 nitrogen and oxygen atoms in total. The fourth-order valence-corrected chi connectivity index (χ4v) is 5.90. The van der Waals surface area contributed by atoms with Gasteiger partial charge in [0.25, 0.3) is 15.9 Å². The highest BCUT2D eigenvalue weighted by molar-refractivity contribution is 7.92. The minimum atomic E-state index is -3.73. The van der Waals surface area contributed by atoms with Gasteiger partial charge in [-0.25, -0.2) is 8.42 Å². The lowest BCUT2D eigenvalue weighted by Gasteiger charge is -2.48. The van der Waals surface area contributed by atoms with Crippen LogP contribution in [0.1, 0.15) is 48.0 Å². The summed E-state index contributed by atoms with van der Waals surface area (Å²) in [6.07, 6.45) is 5.73. The maximum atomic E-state index is 13.0. The molecule has 1 aliphatic heterocycles. The molecule has 2 N–H and O–H groups in total. The lowest BCUT2D eigenvalue weighted by molar-refractivity contribution is -0.0361. The molecule has 0 bridgehead atoms. The molecule has 0 radical (unpaired) electrons. The fraction of sp³-hybridized carbons (Fsp3) is 0.480. The van der Waals surface area contributed by atoms with E-state index in [1.807, 2.05) is 6.92 Å². The molecule has 1 saturated heterocycles. The molecule has 2 aliphatic rings. The first-order valence-corrected chi connectivity index (χ1v) is 13.2. The lowest BCUT2D eigenvalue weighted by Crippen LogP contribution is -2.59. The van der Waals surface area contributed by atoms with Gasteiger partial charge in [-0.1, -0.05) is 43.0 Å². The minimum absolute atomic E-state index is 0.0255. The fourth-order valence-electron chi connectivity index (χ4n) is 4.85. The number of aryl methyl sites for hydroxylation is 1. The molecule has 0 atom stereocenters. The van der Waals surface area contributed by atoms with Gasteiger partial charge in [0, 0.05) is 36.4 Å². The van der Waals surface area contributed by atoms with E-state index in [-0.39, 0.29) is 16.3 Å². The van der Waals surface area contributed by atoms with E-state index in [1.165, 1.54) is 19.3 Å². The smallest absolute Gasteiger partial charge is 0.261 e. The Bertz CT molecular complexity index is 1060. The zero-order chi connectivity index (χ0) is 23.3. The average Bonchev–Trinajstić information content (AvgIpc) is 2.84. The van der Waals surface area contributed by atoms with E-state index in [1.54, 1.807) is 48.5 Å². The Balaban J connectivity index is 1.44. The highest BCUT2D eigenvalue weighted by Crippen LogP contribution is 2.34. The molecular weight excluding hydrogens is 438 g/mol. The summed E-state index contributed by atoms with van der Waals surface area (Å²) in [6.45, 7) is 5.75. The zero-order valence-electron chi connectivity index (χ0n) is 19.2. The summed E-state index contributed by atoms with van der Waals surface area (Å²) >= 11 is 0. The summed E-state index contributed by atoms with van der Waals surface area (Å²) in [7, 11) is -3.73. The van der Waals surface area contributed by atoms with E-state index < -0.39 is 10.0 Å². The standard InChI is InChI=1S/C25H33N3O4S/c1-20-8-10-23(11-9-20)33(30,31)27-22-7-5-6-21(18-22)24(29)26-19-25(12-3-2-4-13-25)28-14-16-32-17-15-28/h5-11,18,27H,2-4,12-17,19H2,1H3,(H,26,29). The predicted molar refractivity (Wildman–Crippen MR) is 129 cm³/mol. The van der Waals surface area contributed by atoms with Gasteiger partial charge in [-0.3, -0.25) is 14.4 Å². The van der Waals surface area contributed by atoms with Crippen LogP contribution in [-0.4, -0.2) is 57.6 Å². The predicted octanol–water partition coefficient (Wildman–Crippen LogP) is 3.56. The number of hydrogen-bond acceptors (Lipinski definition) is 5. The van der Waals surface area contributed by atoms with E-state index in [0.717, 1.165) is 44.7 Å². The molecule has 1 saturated carbocycles. The third-order valence-corrected chi connectivity index (χ3v) is 8.15. The number of carbonyl (C=O) groups is 1. The van der Waals surface area contributed by atoms with Crippen molar-refractivity contribution in [1.82, 2.24) is 10.2 Å². The number of rotatable bonds is 7. The van der Waals surface area contributed by atoms with Gasteiger partial charge in [0.1, 0.15) is 0 Å². The number of sulfonamides is 1. The van der Waals surface area contributed by atoms with Gasteiger partial charge in [-0.15, -0.1) is 0 Å². The third-order valence-electron chi connectivity index (χ3n) is 6.75. The van der Waals surface area contributed by atoms with Crippen molar-refractivity contribution in [3.63, 3.8) is 0 Å². The molecule has 1 aliphatic carbocycles. The van der Waals surface area contributed by atoms with E-state index in [2.05, 4.69) is 14.9 Å². The van der Waals surface area contributed by atoms with Crippen molar-refractivity contribution in [3.05, 3.63) is 59.7 Å². The summed E-state index contributed by atoms with van der Waals surface area (Å²) in [4.78, 5) is 15.7. The van der Waals surface area contributed by atoms with Crippen molar-refractivity contribution in [2.75, 3.05) is 37.6 Å². The summed E-state index contributed by atoms with van der Waals surface area (Å²) in [6, 6.07) is 13.3. The Kier molecular flexibility index (Phi) is 7.36. The van der Waals surface area contributed by atoms with Gasteiger partial charge in [0.15, 0.2) is 0 Å². The number of ether oxygens (including phenoxy) is 1. The van der Waals surface area contributed by atoms with Crippen molar-refractivity contribution < 1.29 is 17.9 Å². The lowest BCUT2D eigenvalue weighted by atomic mass is 9.79.